The first-order valence-electron chi connectivity index (χ1n) is 1.49. The summed E-state index contributed by atoms with van der Waals surface area (Å²) in [5.41, 5.74) is 0. The van der Waals surface area contributed by atoms with Crippen molar-refractivity contribution in [2.24, 2.45) is 0 Å². The fourth-order valence-electron chi connectivity index (χ4n) is 0.186. The Balaban J connectivity index is 2.45. The molecule has 0 radical (unpaired) electrons. The minimum absolute atomic E-state index is 0.0716. The minimum atomic E-state index is -3.42. The van der Waals surface area contributed by atoms with Crippen molar-refractivity contribution >= 4 is 7.82 Å². The average Bonchev–Trinajstić information content (AvgIpc) is 1.61. The first-order valence-corrected chi connectivity index (χ1v) is 2.95. The molecule has 0 aromatic rings. The van der Waals surface area contributed by atoms with Crippen LogP contribution < -0.4 is 0 Å². The Morgan fingerprint density at radius 1 is 1.71 bits per heavy atom. The fourth-order valence-corrected chi connectivity index (χ4v) is 0.558. The summed E-state index contributed by atoms with van der Waals surface area (Å²) < 4.78 is 21.7. The molecule has 1 aliphatic heterocycles. The molecule has 1 N–H and O–H groups in total. The maximum absolute atomic E-state index is 10.1. The molecule has 0 saturated carbocycles. The van der Waals surface area contributed by atoms with Gasteiger partial charge in [-0.25, -0.2) is 9.82 Å². The van der Waals surface area contributed by atoms with Crippen molar-refractivity contribution in [3.05, 3.63) is 0 Å². The number of hydrogen-bond acceptors (Lipinski definition) is 5. The lowest BCUT2D eigenvalue weighted by Crippen LogP contribution is -2.10. The summed E-state index contributed by atoms with van der Waals surface area (Å²) in [6.07, 6.45) is 0. The summed E-state index contributed by atoms with van der Waals surface area (Å²) in [6.45, 7) is -0.0716. The molecule has 1 rings (SSSR count). The molecule has 0 atom stereocenters. The number of phosphoric acid groups is 1. The van der Waals surface area contributed by atoms with E-state index in [9.17, 15) is 4.57 Å². The van der Waals surface area contributed by atoms with E-state index in [2.05, 4.69) is 13.7 Å². The van der Waals surface area contributed by atoms with E-state index in [1.54, 1.807) is 0 Å². The zero-order valence-corrected chi connectivity index (χ0v) is 4.13. The van der Waals surface area contributed by atoms with E-state index in [0.717, 1.165) is 0 Å². The normalized spacial score (nSPS) is 26.4. The number of hydrogen-bond donors (Lipinski definition) is 1. The standard InChI is InChI=1S/CH3O5P/c2-6-7(3)4-1-5-7/h2H,1H2. The molecule has 0 spiro atoms. The van der Waals surface area contributed by atoms with E-state index in [-0.39, 0.29) is 6.79 Å². The first-order chi connectivity index (χ1) is 3.27. The Labute approximate surface area is 39.3 Å². The van der Waals surface area contributed by atoms with E-state index < -0.39 is 7.82 Å². The molecule has 0 unspecified atom stereocenters. The Kier molecular flexibility index (Phi) is 1.15. The fraction of sp³-hybridized carbons (Fsp3) is 1.00. The van der Waals surface area contributed by atoms with Crippen molar-refractivity contribution in [1.29, 1.82) is 0 Å². The van der Waals surface area contributed by atoms with Crippen LogP contribution in [0.25, 0.3) is 0 Å². The van der Waals surface area contributed by atoms with Gasteiger partial charge in [-0.05, 0) is 0 Å². The van der Waals surface area contributed by atoms with Crippen molar-refractivity contribution in [3.63, 3.8) is 0 Å². The predicted molar refractivity (Wildman–Crippen MR) is 18.4 cm³/mol. The van der Waals surface area contributed by atoms with Crippen LogP contribution in [0, 0.1) is 0 Å². The second kappa shape index (κ2) is 1.54. The summed E-state index contributed by atoms with van der Waals surface area (Å²) in [7, 11) is -3.42. The summed E-state index contributed by atoms with van der Waals surface area (Å²) in [5, 5.41) is 7.63. The van der Waals surface area contributed by atoms with Crippen LogP contribution in [0.5, 0.6) is 0 Å². The zero-order chi connectivity index (χ0) is 5.33. The number of phosphoric ester groups is 1. The Morgan fingerprint density at radius 2 is 2.29 bits per heavy atom. The lowest BCUT2D eigenvalue weighted by molar-refractivity contribution is -0.199. The first kappa shape index (κ1) is 5.21. The van der Waals surface area contributed by atoms with Crippen LogP contribution in [-0.2, 0) is 18.3 Å². The predicted octanol–water partition coefficient (Wildman–Crippen LogP) is 0.588. The van der Waals surface area contributed by atoms with Gasteiger partial charge in [0.25, 0.3) is 0 Å². The largest absolute Gasteiger partial charge is 0.506 e. The molecule has 6 heteroatoms. The van der Waals surface area contributed by atoms with Gasteiger partial charge in [-0.2, -0.15) is 0 Å². The van der Waals surface area contributed by atoms with Crippen LogP contribution >= 0.6 is 7.82 Å². The molecule has 0 amide bonds. The highest BCUT2D eigenvalue weighted by atomic mass is 31.2. The maximum Gasteiger partial charge on any atom is 0.506 e. The third-order valence-electron chi connectivity index (χ3n) is 0.522. The third kappa shape index (κ3) is 0.821. The SMILES string of the molecule is O=P1(OO)OCO1. The van der Waals surface area contributed by atoms with E-state index in [4.69, 9.17) is 5.26 Å². The van der Waals surface area contributed by atoms with Crippen molar-refractivity contribution in [2.45, 2.75) is 0 Å². The van der Waals surface area contributed by atoms with Crippen LogP contribution in [0.2, 0.25) is 0 Å². The summed E-state index contributed by atoms with van der Waals surface area (Å²) in [6, 6.07) is 0. The monoisotopic (exact) mass is 126 g/mol. The smallest absolute Gasteiger partial charge is 0.257 e. The van der Waals surface area contributed by atoms with Gasteiger partial charge in [0.05, 0.1) is 0 Å². The van der Waals surface area contributed by atoms with E-state index in [0.29, 0.717) is 0 Å². The van der Waals surface area contributed by atoms with Gasteiger partial charge in [0.2, 0.25) is 0 Å². The van der Waals surface area contributed by atoms with Gasteiger partial charge < -0.3 is 0 Å². The molecule has 42 valence electrons. The van der Waals surface area contributed by atoms with Gasteiger partial charge in [0.15, 0.2) is 6.79 Å². The molecule has 0 aromatic heterocycles. The van der Waals surface area contributed by atoms with E-state index in [1.165, 1.54) is 0 Å². The van der Waals surface area contributed by atoms with Crippen LogP contribution in [-0.4, -0.2) is 12.1 Å². The molecule has 0 aromatic carbocycles. The second-order valence-electron chi connectivity index (χ2n) is 0.905. The molecule has 1 aliphatic rings. The second-order valence-corrected chi connectivity index (χ2v) is 2.48. The highest BCUT2D eigenvalue weighted by Crippen LogP contribution is 2.55. The highest BCUT2D eigenvalue weighted by molar-refractivity contribution is 7.49. The Hall–Kier alpha value is 0.0700. The van der Waals surface area contributed by atoms with Crippen LogP contribution in [0.3, 0.4) is 0 Å². The Bertz CT molecular complexity index is 92.4. The molecule has 0 bridgehead atoms. The van der Waals surface area contributed by atoms with Crippen LogP contribution in [0.15, 0.2) is 0 Å². The summed E-state index contributed by atoms with van der Waals surface area (Å²) in [5.74, 6) is 0. The molecule has 5 nitrogen and oxygen atoms in total. The van der Waals surface area contributed by atoms with Crippen LogP contribution in [0.1, 0.15) is 0 Å². The lowest BCUT2D eigenvalue weighted by atomic mass is 11.6. The highest BCUT2D eigenvalue weighted by Gasteiger charge is 2.36. The van der Waals surface area contributed by atoms with Gasteiger partial charge in [-0.1, -0.05) is 0 Å². The van der Waals surface area contributed by atoms with Crippen molar-refractivity contribution < 1.29 is 23.5 Å². The molecule has 1 heterocycles. The minimum Gasteiger partial charge on any atom is -0.257 e. The molecular weight excluding hydrogens is 123 g/mol. The number of rotatable bonds is 1. The molecular formula is CH3O5P. The summed E-state index contributed by atoms with van der Waals surface area (Å²) in [4.78, 5) is 0. The van der Waals surface area contributed by atoms with E-state index >= 15 is 0 Å². The van der Waals surface area contributed by atoms with Crippen molar-refractivity contribution in [3.8, 4) is 0 Å². The lowest BCUT2D eigenvalue weighted by Gasteiger charge is -2.20. The van der Waals surface area contributed by atoms with Gasteiger partial charge in [-0.15, -0.1) is 4.67 Å². The van der Waals surface area contributed by atoms with Gasteiger partial charge in [0.1, 0.15) is 0 Å². The average molecular weight is 126 g/mol. The topological polar surface area (TPSA) is 65.0 Å². The summed E-state index contributed by atoms with van der Waals surface area (Å²) >= 11 is 0. The zero-order valence-electron chi connectivity index (χ0n) is 3.23. The molecule has 7 heavy (non-hydrogen) atoms. The maximum atomic E-state index is 10.1. The Morgan fingerprint density at radius 3 is 2.29 bits per heavy atom. The van der Waals surface area contributed by atoms with Crippen LogP contribution in [0.4, 0.5) is 0 Å². The molecule has 1 fully saturated rings. The van der Waals surface area contributed by atoms with Gasteiger partial charge in [-0.3, -0.25) is 9.05 Å². The molecule has 1 saturated heterocycles. The third-order valence-corrected chi connectivity index (χ3v) is 1.56. The van der Waals surface area contributed by atoms with Crippen molar-refractivity contribution in [2.75, 3.05) is 6.79 Å². The van der Waals surface area contributed by atoms with Gasteiger partial charge >= 0.3 is 7.82 Å². The van der Waals surface area contributed by atoms with E-state index in [1.807, 2.05) is 0 Å². The van der Waals surface area contributed by atoms with Crippen molar-refractivity contribution in [1.82, 2.24) is 0 Å². The quantitative estimate of drug-likeness (QED) is 0.316. The molecule has 0 aliphatic carbocycles. The van der Waals surface area contributed by atoms with Gasteiger partial charge in [0, 0.05) is 0 Å².